The Morgan fingerprint density at radius 3 is 2.78 bits per heavy atom. The number of guanidine groups is 1. The van der Waals surface area contributed by atoms with E-state index in [0.29, 0.717) is 36.1 Å². The van der Waals surface area contributed by atoms with Gasteiger partial charge in [-0.3, -0.25) is 9.38 Å². The fourth-order valence-electron chi connectivity index (χ4n) is 1.72. The van der Waals surface area contributed by atoms with Gasteiger partial charge in [-0.05, 0) is 27.2 Å². The highest BCUT2D eigenvalue weighted by Crippen LogP contribution is 2.24. The van der Waals surface area contributed by atoms with Gasteiger partial charge in [-0.1, -0.05) is 0 Å². The van der Waals surface area contributed by atoms with Crippen LogP contribution >= 0.6 is 35.3 Å². The second kappa shape index (κ2) is 11.5. The molecule has 0 saturated carbocycles. The number of aliphatic imine (C=N–C) groups is 1. The van der Waals surface area contributed by atoms with E-state index in [0.717, 1.165) is 5.01 Å². The third kappa shape index (κ3) is 6.98. The van der Waals surface area contributed by atoms with Crippen LogP contribution in [0.3, 0.4) is 0 Å². The van der Waals surface area contributed by atoms with Crippen molar-refractivity contribution >= 4 is 47.2 Å². The molecule has 0 aliphatic heterocycles. The lowest BCUT2D eigenvalue weighted by molar-refractivity contribution is 0.0531. The van der Waals surface area contributed by atoms with Gasteiger partial charge in [0.2, 0.25) is 0 Å². The molecule has 0 radical (unpaired) electrons. The van der Waals surface area contributed by atoms with Crippen molar-refractivity contribution in [1.82, 2.24) is 15.6 Å². The first-order valence-electron chi connectivity index (χ1n) is 7.21. The van der Waals surface area contributed by atoms with Crippen LogP contribution in [0.15, 0.2) is 4.99 Å². The normalized spacial score (nSPS) is 12.3. The van der Waals surface area contributed by atoms with Crippen molar-refractivity contribution in [3.8, 4) is 0 Å². The zero-order chi connectivity index (χ0) is 16.5. The summed E-state index contributed by atoms with van der Waals surface area (Å²) in [7, 11) is 1.65. The number of thiazole rings is 1. The summed E-state index contributed by atoms with van der Waals surface area (Å²) in [6.45, 7) is 5.96. The topological polar surface area (TPSA) is 75.6 Å². The third-order valence-corrected chi connectivity index (χ3v) is 4.14. The molecule has 1 unspecified atom stereocenters. The van der Waals surface area contributed by atoms with E-state index in [1.54, 1.807) is 20.9 Å². The number of nitrogens with zero attached hydrogens (tertiary/aromatic N) is 2. The first-order valence-corrected chi connectivity index (χ1v) is 8.02. The summed E-state index contributed by atoms with van der Waals surface area (Å²) in [5.74, 6) is 0.230. The number of aryl methyl sites for hydroxylation is 1. The molecule has 1 aromatic rings. The Balaban J connectivity index is 0.00000484. The van der Waals surface area contributed by atoms with E-state index in [1.165, 1.54) is 11.3 Å². The van der Waals surface area contributed by atoms with E-state index in [2.05, 4.69) is 20.6 Å². The molecule has 0 bridgehead atoms. The first kappa shape index (κ1) is 22.0. The van der Waals surface area contributed by atoms with Crippen molar-refractivity contribution in [3.63, 3.8) is 0 Å². The van der Waals surface area contributed by atoms with Gasteiger partial charge >= 0.3 is 5.97 Å². The Bertz CT molecular complexity index is 525. The average molecular weight is 458 g/mol. The van der Waals surface area contributed by atoms with Crippen LogP contribution < -0.4 is 10.6 Å². The van der Waals surface area contributed by atoms with E-state index in [4.69, 9.17) is 4.74 Å². The highest BCUT2D eigenvalue weighted by Gasteiger charge is 2.19. The number of hydrogen-bond acceptors (Lipinski definition) is 5. The van der Waals surface area contributed by atoms with Crippen LogP contribution in [0.4, 0.5) is 4.39 Å². The monoisotopic (exact) mass is 458 g/mol. The molecule has 9 heteroatoms. The van der Waals surface area contributed by atoms with Gasteiger partial charge in [0.05, 0.1) is 25.0 Å². The molecule has 23 heavy (non-hydrogen) atoms. The fourth-order valence-corrected chi connectivity index (χ4v) is 2.69. The lowest BCUT2D eigenvalue weighted by Gasteiger charge is -2.15. The summed E-state index contributed by atoms with van der Waals surface area (Å²) in [5, 5.41) is 6.96. The molecular formula is C14H24FIN4O2S. The molecule has 0 spiro atoms. The molecular weight excluding hydrogens is 434 g/mol. The molecule has 1 atom stereocenters. The van der Waals surface area contributed by atoms with Crippen LogP contribution in [0.1, 0.15) is 46.7 Å². The number of nitrogens with one attached hydrogen (secondary N) is 2. The highest BCUT2D eigenvalue weighted by molar-refractivity contribution is 14.0. The Hall–Kier alpha value is -0.970. The SMILES string of the molecule is CCOC(=O)c1sc(C(C)NC(=NC)NCCCF)nc1C.I. The molecule has 0 fully saturated rings. The van der Waals surface area contributed by atoms with E-state index in [9.17, 15) is 9.18 Å². The molecule has 1 rings (SSSR count). The van der Waals surface area contributed by atoms with Gasteiger partial charge in [-0.15, -0.1) is 35.3 Å². The lowest BCUT2D eigenvalue weighted by atomic mass is 10.3. The number of alkyl halides is 1. The van der Waals surface area contributed by atoms with Gasteiger partial charge in [0.1, 0.15) is 9.88 Å². The van der Waals surface area contributed by atoms with Crippen LogP contribution in [-0.2, 0) is 4.74 Å². The Labute approximate surface area is 157 Å². The van der Waals surface area contributed by atoms with E-state index < -0.39 is 0 Å². The predicted molar refractivity (Wildman–Crippen MR) is 102 cm³/mol. The summed E-state index contributed by atoms with van der Waals surface area (Å²) < 4.78 is 17.1. The fraction of sp³-hybridized carbons (Fsp3) is 0.643. The second-order valence-corrected chi connectivity index (χ2v) is 5.63. The molecule has 0 aliphatic carbocycles. The molecule has 0 aliphatic rings. The summed E-state index contributed by atoms with van der Waals surface area (Å²) in [4.78, 5) is 20.8. The summed E-state index contributed by atoms with van der Waals surface area (Å²) in [5.41, 5.74) is 0.660. The Morgan fingerprint density at radius 2 is 2.22 bits per heavy atom. The largest absolute Gasteiger partial charge is 0.462 e. The van der Waals surface area contributed by atoms with Crippen LogP contribution in [0.5, 0.6) is 0 Å². The number of aromatic nitrogens is 1. The zero-order valence-corrected chi connectivity index (χ0v) is 17.0. The van der Waals surface area contributed by atoms with Gasteiger partial charge < -0.3 is 15.4 Å². The third-order valence-electron chi connectivity index (χ3n) is 2.82. The molecule has 0 amide bonds. The average Bonchev–Trinajstić information content (AvgIpc) is 2.88. The standard InChI is InChI=1S/C14H23FN4O2S.HI/c1-5-21-13(20)11-9(2)18-12(22-11)10(3)19-14(16-4)17-8-6-7-15;/h10H,5-8H2,1-4H3,(H2,16,17,19);1H. The van der Waals surface area contributed by atoms with Crippen molar-refractivity contribution in [1.29, 1.82) is 0 Å². The number of rotatable bonds is 7. The number of halogens is 2. The molecule has 1 aromatic heterocycles. The van der Waals surface area contributed by atoms with Crippen LogP contribution in [0.2, 0.25) is 0 Å². The molecule has 0 saturated heterocycles. The number of carbonyl (C=O) groups is 1. The number of carbonyl (C=O) groups excluding carboxylic acids is 1. The molecule has 6 nitrogen and oxygen atoms in total. The summed E-state index contributed by atoms with van der Waals surface area (Å²) in [6, 6.07) is -0.122. The van der Waals surface area contributed by atoms with Crippen molar-refractivity contribution in [2.45, 2.75) is 33.2 Å². The van der Waals surface area contributed by atoms with Gasteiger partial charge in [-0.2, -0.15) is 0 Å². The molecule has 0 aromatic carbocycles. The lowest BCUT2D eigenvalue weighted by Crippen LogP contribution is -2.39. The van der Waals surface area contributed by atoms with Crippen molar-refractivity contribution < 1.29 is 13.9 Å². The number of ether oxygens (including phenoxy) is 1. The van der Waals surface area contributed by atoms with Crippen molar-refractivity contribution in [2.24, 2.45) is 4.99 Å². The Morgan fingerprint density at radius 1 is 1.52 bits per heavy atom. The summed E-state index contributed by atoms with van der Waals surface area (Å²) in [6.07, 6.45) is 0.429. The van der Waals surface area contributed by atoms with E-state index in [-0.39, 0.29) is 42.7 Å². The predicted octanol–water partition coefficient (Wildman–Crippen LogP) is 2.83. The van der Waals surface area contributed by atoms with Crippen molar-refractivity contribution in [2.75, 3.05) is 26.9 Å². The molecule has 2 N–H and O–H groups in total. The highest BCUT2D eigenvalue weighted by atomic mass is 127. The van der Waals surface area contributed by atoms with Gasteiger partial charge in [0, 0.05) is 13.6 Å². The quantitative estimate of drug-likeness (QED) is 0.216. The van der Waals surface area contributed by atoms with Crippen molar-refractivity contribution in [3.05, 3.63) is 15.6 Å². The second-order valence-electron chi connectivity index (χ2n) is 4.59. The smallest absolute Gasteiger partial charge is 0.350 e. The maximum absolute atomic E-state index is 12.1. The zero-order valence-electron chi connectivity index (χ0n) is 13.8. The van der Waals surface area contributed by atoms with E-state index >= 15 is 0 Å². The van der Waals surface area contributed by atoms with Crippen LogP contribution in [-0.4, -0.2) is 43.8 Å². The number of hydrogen-bond donors (Lipinski definition) is 2. The minimum Gasteiger partial charge on any atom is -0.462 e. The maximum atomic E-state index is 12.1. The number of esters is 1. The Kier molecular flexibility index (Phi) is 11.1. The van der Waals surface area contributed by atoms with Gasteiger partial charge in [-0.25, -0.2) is 9.78 Å². The first-order chi connectivity index (χ1) is 10.5. The van der Waals surface area contributed by atoms with Crippen LogP contribution in [0.25, 0.3) is 0 Å². The maximum Gasteiger partial charge on any atom is 0.350 e. The molecule has 132 valence electrons. The van der Waals surface area contributed by atoms with E-state index in [1.807, 2.05) is 6.92 Å². The summed E-state index contributed by atoms with van der Waals surface area (Å²) >= 11 is 1.31. The van der Waals surface area contributed by atoms with Gasteiger partial charge in [0.25, 0.3) is 0 Å². The van der Waals surface area contributed by atoms with Crippen LogP contribution in [0, 0.1) is 6.92 Å². The minimum atomic E-state index is -0.367. The minimum absolute atomic E-state index is 0. The van der Waals surface area contributed by atoms with Gasteiger partial charge in [0.15, 0.2) is 5.96 Å². The molecule has 1 heterocycles.